The summed E-state index contributed by atoms with van der Waals surface area (Å²) in [4.78, 5) is 22.5. The maximum Gasteiger partial charge on any atom is 0.371 e. The first kappa shape index (κ1) is 15.5. The molecule has 1 N–H and O–H groups in total. The molecule has 1 aromatic heterocycles. The van der Waals surface area contributed by atoms with Gasteiger partial charge in [-0.05, 0) is 31.9 Å². The van der Waals surface area contributed by atoms with Gasteiger partial charge in [-0.2, -0.15) is 4.31 Å². The lowest BCUT2D eigenvalue weighted by atomic mass is 10.2. The fraction of sp³-hybridized carbons (Fsp3) is 0.500. The highest BCUT2D eigenvalue weighted by Crippen LogP contribution is 2.27. The predicted molar refractivity (Wildman–Crippen MR) is 69.2 cm³/mol. The molecule has 1 unspecified atom stereocenters. The number of nitrogens with zero attached hydrogens (tertiary/aromatic N) is 1. The number of sulfonamides is 1. The molecule has 2 heterocycles. The van der Waals surface area contributed by atoms with Gasteiger partial charge in [0.1, 0.15) is 6.04 Å². The molecule has 21 heavy (non-hydrogen) atoms. The lowest BCUT2D eigenvalue weighted by molar-refractivity contribution is -0.146. The van der Waals surface area contributed by atoms with Crippen LogP contribution >= 0.6 is 0 Å². The zero-order chi connectivity index (χ0) is 15.6. The minimum absolute atomic E-state index is 0.160. The van der Waals surface area contributed by atoms with Gasteiger partial charge in [0.2, 0.25) is 10.9 Å². The van der Waals surface area contributed by atoms with E-state index in [1.54, 1.807) is 6.92 Å². The van der Waals surface area contributed by atoms with Crippen molar-refractivity contribution in [1.29, 1.82) is 0 Å². The van der Waals surface area contributed by atoms with Crippen LogP contribution in [0.3, 0.4) is 0 Å². The third-order valence-electron chi connectivity index (χ3n) is 3.12. The van der Waals surface area contributed by atoms with Crippen LogP contribution in [-0.2, 0) is 19.6 Å². The molecule has 1 atom stereocenters. The predicted octanol–water partition coefficient (Wildman–Crippen LogP) is 0.694. The van der Waals surface area contributed by atoms with Gasteiger partial charge in [0.25, 0.3) is 10.0 Å². The molecule has 1 aliphatic rings. The summed E-state index contributed by atoms with van der Waals surface area (Å²) in [5.74, 6) is -2.44. The summed E-state index contributed by atoms with van der Waals surface area (Å²) in [6.07, 6.45) is 0.889. The molecule has 116 valence electrons. The van der Waals surface area contributed by atoms with E-state index in [1.807, 2.05) is 0 Å². The standard InChI is InChI=1S/C12H15NO7S/c1-2-19-12(16)8-4-3-7-13(8)21(17,18)10-6-5-9(20-10)11(14)15/h5-6,8H,2-4,7H2,1H3,(H,14,15). The van der Waals surface area contributed by atoms with E-state index in [-0.39, 0.29) is 13.2 Å². The van der Waals surface area contributed by atoms with Crippen molar-refractivity contribution in [2.75, 3.05) is 13.2 Å². The van der Waals surface area contributed by atoms with Crippen LogP contribution in [-0.4, -0.2) is 49.0 Å². The minimum Gasteiger partial charge on any atom is -0.475 e. The second-order valence-electron chi connectivity index (χ2n) is 4.45. The van der Waals surface area contributed by atoms with Gasteiger partial charge in [0.15, 0.2) is 0 Å². The summed E-state index contributed by atoms with van der Waals surface area (Å²) in [5, 5.41) is 8.27. The Balaban J connectivity index is 2.29. The molecule has 1 fully saturated rings. The Morgan fingerprint density at radius 3 is 2.76 bits per heavy atom. The number of aromatic carboxylic acids is 1. The zero-order valence-corrected chi connectivity index (χ0v) is 12.1. The summed E-state index contributed by atoms with van der Waals surface area (Å²) in [7, 11) is -4.06. The number of carboxylic acid groups (broad SMARTS) is 1. The molecule has 0 spiro atoms. The Hall–Kier alpha value is -1.87. The second-order valence-corrected chi connectivity index (χ2v) is 6.27. The number of ether oxygens (including phenoxy) is 1. The molecule has 1 saturated heterocycles. The van der Waals surface area contributed by atoms with Crippen molar-refractivity contribution < 1.29 is 32.3 Å². The second kappa shape index (κ2) is 5.86. The number of hydrogen-bond donors (Lipinski definition) is 1. The first-order chi connectivity index (χ1) is 9.87. The van der Waals surface area contributed by atoms with Crippen molar-refractivity contribution in [3.63, 3.8) is 0 Å². The lowest BCUT2D eigenvalue weighted by Gasteiger charge is -2.21. The van der Waals surface area contributed by atoms with Crippen LogP contribution in [0.4, 0.5) is 0 Å². The Labute approximate surface area is 121 Å². The molecule has 2 rings (SSSR count). The third kappa shape index (κ3) is 2.93. The van der Waals surface area contributed by atoms with Crippen molar-refractivity contribution in [2.24, 2.45) is 0 Å². The van der Waals surface area contributed by atoms with Gasteiger partial charge in [-0.15, -0.1) is 0 Å². The van der Waals surface area contributed by atoms with E-state index < -0.39 is 38.9 Å². The quantitative estimate of drug-likeness (QED) is 0.795. The van der Waals surface area contributed by atoms with E-state index in [1.165, 1.54) is 0 Å². The van der Waals surface area contributed by atoms with Gasteiger partial charge >= 0.3 is 11.9 Å². The fourth-order valence-corrected chi connectivity index (χ4v) is 3.75. The number of hydrogen-bond acceptors (Lipinski definition) is 6. The number of carboxylic acids is 1. The summed E-state index contributed by atoms with van der Waals surface area (Å²) < 4.78 is 35.5. The average molecular weight is 317 g/mol. The molecule has 1 aromatic rings. The summed E-state index contributed by atoms with van der Waals surface area (Å²) >= 11 is 0. The number of esters is 1. The average Bonchev–Trinajstić information content (AvgIpc) is 3.09. The van der Waals surface area contributed by atoms with Crippen LogP contribution in [0.2, 0.25) is 0 Å². The highest BCUT2D eigenvalue weighted by molar-refractivity contribution is 7.89. The maximum absolute atomic E-state index is 12.4. The summed E-state index contributed by atoms with van der Waals surface area (Å²) in [5.41, 5.74) is 0. The van der Waals surface area contributed by atoms with Crippen molar-refractivity contribution in [3.05, 3.63) is 17.9 Å². The van der Waals surface area contributed by atoms with Gasteiger partial charge in [0.05, 0.1) is 6.61 Å². The molecule has 8 nitrogen and oxygen atoms in total. The molecule has 0 bridgehead atoms. The van der Waals surface area contributed by atoms with Crippen LogP contribution in [0.25, 0.3) is 0 Å². The first-order valence-electron chi connectivity index (χ1n) is 6.39. The van der Waals surface area contributed by atoms with Gasteiger partial charge in [0, 0.05) is 6.54 Å². The smallest absolute Gasteiger partial charge is 0.371 e. The van der Waals surface area contributed by atoms with Gasteiger partial charge in [-0.25, -0.2) is 13.2 Å². The van der Waals surface area contributed by atoms with Gasteiger partial charge in [-0.1, -0.05) is 0 Å². The molecule has 0 saturated carbocycles. The Kier molecular flexibility index (Phi) is 4.33. The Morgan fingerprint density at radius 1 is 1.48 bits per heavy atom. The van der Waals surface area contributed by atoms with E-state index in [0.29, 0.717) is 12.8 Å². The van der Waals surface area contributed by atoms with Crippen LogP contribution < -0.4 is 0 Å². The molecule has 9 heteroatoms. The summed E-state index contributed by atoms with van der Waals surface area (Å²) in [6, 6.07) is 1.23. The summed E-state index contributed by atoms with van der Waals surface area (Å²) in [6.45, 7) is 1.96. The first-order valence-corrected chi connectivity index (χ1v) is 7.83. The number of carbonyl (C=O) groups is 2. The van der Waals surface area contributed by atoms with Crippen molar-refractivity contribution in [2.45, 2.75) is 30.9 Å². The van der Waals surface area contributed by atoms with E-state index in [4.69, 9.17) is 14.3 Å². The molecular weight excluding hydrogens is 302 g/mol. The van der Waals surface area contributed by atoms with Crippen LogP contribution in [0.5, 0.6) is 0 Å². The number of rotatable bonds is 5. The normalized spacial score (nSPS) is 19.6. The molecule has 0 aromatic carbocycles. The fourth-order valence-electron chi connectivity index (χ4n) is 2.19. The third-order valence-corrected chi connectivity index (χ3v) is 4.90. The number of carbonyl (C=O) groups excluding carboxylic acids is 1. The minimum atomic E-state index is -4.06. The Bertz CT molecular complexity index is 648. The molecular formula is C12H15NO7S. The SMILES string of the molecule is CCOC(=O)C1CCCN1S(=O)(=O)c1ccc(C(=O)O)o1. The molecule has 0 radical (unpaired) electrons. The Morgan fingerprint density at radius 2 is 2.19 bits per heavy atom. The lowest BCUT2D eigenvalue weighted by Crippen LogP contribution is -2.41. The molecule has 0 amide bonds. The van der Waals surface area contributed by atoms with E-state index >= 15 is 0 Å². The van der Waals surface area contributed by atoms with E-state index in [2.05, 4.69) is 0 Å². The van der Waals surface area contributed by atoms with Crippen LogP contribution in [0.15, 0.2) is 21.6 Å². The van der Waals surface area contributed by atoms with E-state index in [9.17, 15) is 18.0 Å². The topological polar surface area (TPSA) is 114 Å². The van der Waals surface area contributed by atoms with Crippen LogP contribution in [0.1, 0.15) is 30.3 Å². The van der Waals surface area contributed by atoms with Gasteiger partial charge < -0.3 is 14.3 Å². The highest BCUT2D eigenvalue weighted by Gasteiger charge is 2.41. The maximum atomic E-state index is 12.4. The highest BCUT2D eigenvalue weighted by atomic mass is 32.2. The van der Waals surface area contributed by atoms with Gasteiger partial charge in [-0.3, -0.25) is 4.79 Å². The van der Waals surface area contributed by atoms with Crippen molar-refractivity contribution in [1.82, 2.24) is 4.31 Å². The largest absolute Gasteiger partial charge is 0.475 e. The number of furan rings is 1. The zero-order valence-electron chi connectivity index (χ0n) is 11.3. The molecule has 0 aliphatic carbocycles. The monoisotopic (exact) mass is 317 g/mol. The van der Waals surface area contributed by atoms with Crippen LogP contribution in [0, 0.1) is 0 Å². The van der Waals surface area contributed by atoms with Crippen molar-refractivity contribution in [3.8, 4) is 0 Å². The van der Waals surface area contributed by atoms with Crippen molar-refractivity contribution >= 4 is 22.0 Å². The molecule has 1 aliphatic heterocycles. The van der Waals surface area contributed by atoms with E-state index in [0.717, 1.165) is 16.4 Å².